The van der Waals surface area contributed by atoms with E-state index in [0.29, 0.717) is 69.7 Å². The highest BCUT2D eigenvalue weighted by Crippen LogP contribution is 2.69. The molecular weight excluding hydrogens is 1230 g/mol. The SMILES string of the molecule is CC(C)CCC[C@@H](C)[C@H]1CC[C@H]2[C@@H]3CC=C4C[C@@H](OCCCCCCCCOc5cc(C#Cc6ccc(C=O)cc6)c(OCCCCCCCCO[C@H]6CC[C@@]7(C)C(=CC[C@H]8[C@@H]9CC[C@H]([C@H](C)CCCC(C)C)[C@@]9(C)CC[C@@H]87)C6)cc5C#Cc5ccc(C=O)cc5)CC[C@]4(C)[C@H]3CC[C@]12C. The summed E-state index contributed by atoms with van der Waals surface area (Å²) in [7, 11) is 0. The molecule has 0 aliphatic heterocycles. The number of aldehydes is 2. The van der Waals surface area contributed by atoms with Crippen LogP contribution >= 0.6 is 0 Å². The van der Waals surface area contributed by atoms with Crippen LogP contribution in [-0.4, -0.2) is 51.2 Å². The number of carbonyl (C=O) groups excluding carboxylic acids is 2. The Kier molecular flexibility index (Phi) is 27.3. The number of carbonyl (C=O) groups is 2. The van der Waals surface area contributed by atoms with Crippen LogP contribution in [0.1, 0.15) is 331 Å². The van der Waals surface area contributed by atoms with Crippen molar-refractivity contribution >= 4 is 12.6 Å². The first-order chi connectivity index (χ1) is 48.4. The predicted octanol–water partition coefficient (Wildman–Crippen LogP) is 24.4. The van der Waals surface area contributed by atoms with Gasteiger partial charge in [-0.15, -0.1) is 0 Å². The summed E-state index contributed by atoms with van der Waals surface area (Å²) in [6.45, 7) is 28.4. The van der Waals surface area contributed by atoms with Gasteiger partial charge in [-0.2, -0.15) is 0 Å². The second-order valence-corrected chi connectivity index (χ2v) is 35.8. The molecule has 546 valence electrons. The Bertz CT molecular complexity index is 3090. The van der Waals surface area contributed by atoms with Crippen molar-refractivity contribution in [3.05, 3.63) is 117 Å². The lowest BCUT2D eigenvalue weighted by atomic mass is 9.47. The number of allylic oxidation sites excluding steroid dienone is 2. The smallest absolute Gasteiger partial charge is 0.150 e. The Hall–Kier alpha value is -4.88. The molecule has 0 heterocycles. The van der Waals surface area contributed by atoms with E-state index in [0.717, 1.165) is 170 Å². The van der Waals surface area contributed by atoms with Gasteiger partial charge >= 0.3 is 0 Å². The second-order valence-electron chi connectivity index (χ2n) is 35.8. The molecule has 16 atom stereocenters. The summed E-state index contributed by atoms with van der Waals surface area (Å²) in [5, 5.41) is 0. The molecule has 0 unspecified atom stereocenters. The molecule has 0 radical (unpaired) electrons. The molecule has 0 aromatic heterocycles. The van der Waals surface area contributed by atoms with E-state index < -0.39 is 0 Å². The van der Waals surface area contributed by atoms with Gasteiger partial charge in [0.25, 0.3) is 0 Å². The maximum absolute atomic E-state index is 11.5. The van der Waals surface area contributed by atoms with Crippen LogP contribution < -0.4 is 9.47 Å². The van der Waals surface area contributed by atoms with E-state index in [1.54, 1.807) is 35.4 Å². The van der Waals surface area contributed by atoms with E-state index in [2.05, 4.69) is 105 Å². The van der Waals surface area contributed by atoms with Gasteiger partial charge in [0.2, 0.25) is 0 Å². The van der Waals surface area contributed by atoms with Crippen molar-refractivity contribution in [2.24, 2.45) is 92.7 Å². The fourth-order valence-corrected chi connectivity index (χ4v) is 22.8. The normalized spacial score (nSPS) is 30.9. The molecule has 6 heteroatoms. The number of hydrogen-bond acceptors (Lipinski definition) is 6. The molecule has 0 bridgehead atoms. The molecule has 0 N–H and O–H groups in total. The Labute approximate surface area is 609 Å². The standard InChI is InChI=1S/C94H134O6/c1-67(2)25-23-27-69(5)83-45-47-85-81-43-41-77-63-79(49-53-91(77,7)87(81)51-55-93(83,85)9)97-57-19-15-11-13-17-21-59-99-89-61-76(40-38-72-31-35-74(66-96)36-32-72)90(62-75(89)39-37-71-29-33-73(65-95)34-30-71)100-60-22-18-14-12-16-20-58-98-80-50-54-92(8)78(64-80)42-44-82-86-48-46-84(70(6)28-24-26-68(3)4)94(86,10)56-52-88(82)92/h29-36,41-42,61-62,65-70,79-88H,11-28,43-60,63-64H2,1-10H3/t69-,70-,79+,80+,81+,82+,83-,84-,85+,86+,87+,88+,91+,92+,93-,94-/m1/s1. The Balaban J connectivity index is 0.611. The maximum Gasteiger partial charge on any atom is 0.150 e. The van der Waals surface area contributed by atoms with Gasteiger partial charge in [-0.05, 0) is 245 Å². The summed E-state index contributed by atoms with van der Waals surface area (Å²) in [6.07, 6.45) is 51.4. The highest BCUT2D eigenvalue weighted by atomic mass is 16.5. The minimum absolute atomic E-state index is 0.369. The maximum atomic E-state index is 11.5. The van der Waals surface area contributed by atoms with E-state index in [1.165, 1.54) is 167 Å². The van der Waals surface area contributed by atoms with Gasteiger partial charge in [-0.25, -0.2) is 0 Å². The number of benzene rings is 3. The Morgan fingerprint density at radius 2 is 0.800 bits per heavy atom. The quantitative estimate of drug-likeness (QED) is 0.0257. The summed E-state index contributed by atoms with van der Waals surface area (Å²) in [5.74, 6) is 25.4. The van der Waals surface area contributed by atoms with Crippen LogP contribution in [0.2, 0.25) is 0 Å². The van der Waals surface area contributed by atoms with Crippen molar-refractivity contribution in [2.75, 3.05) is 26.4 Å². The lowest BCUT2D eigenvalue weighted by molar-refractivity contribution is -0.0641. The molecule has 8 aliphatic carbocycles. The summed E-state index contributed by atoms with van der Waals surface area (Å²) in [6, 6.07) is 18.8. The molecule has 0 amide bonds. The van der Waals surface area contributed by atoms with Crippen LogP contribution in [0.25, 0.3) is 0 Å². The van der Waals surface area contributed by atoms with Crippen LogP contribution in [0.5, 0.6) is 11.5 Å². The molecule has 6 saturated carbocycles. The fourth-order valence-electron chi connectivity index (χ4n) is 22.8. The third-order valence-electron chi connectivity index (χ3n) is 28.7. The first-order valence-corrected chi connectivity index (χ1v) is 41.6. The zero-order valence-corrected chi connectivity index (χ0v) is 64.5. The predicted molar refractivity (Wildman–Crippen MR) is 414 cm³/mol. The number of hydrogen-bond donors (Lipinski definition) is 0. The summed E-state index contributed by atoms with van der Waals surface area (Å²) in [5.41, 5.74) is 9.69. The average molecular weight is 1360 g/mol. The van der Waals surface area contributed by atoms with E-state index >= 15 is 0 Å². The third-order valence-corrected chi connectivity index (χ3v) is 28.7. The summed E-state index contributed by atoms with van der Waals surface area (Å²) in [4.78, 5) is 23.0. The zero-order valence-electron chi connectivity index (χ0n) is 64.5. The first-order valence-electron chi connectivity index (χ1n) is 41.6. The van der Waals surface area contributed by atoms with Crippen molar-refractivity contribution in [1.82, 2.24) is 0 Å². The molecule has 3 aromatic carbocycles. The van der Waals surface area contributed by atoms with Crippen molar-refractivity contribution in [3.8, 4) is 35.2 Å². The molecule has 8 aliphatic rings. The minimum atomic E-state index is 0.369. The lowest BCUT2D eigenvalue weighted by Crippen LogP contribution is -2.51. The third kappa shape index (κ3) is 18.4. The molecule has 3 aromatic rings. The minimum Gasteiger partial charge on any atom is -0.492 e. The van der Waals surface area contributed by atoms with Gasteiger partial charge in [0.1, 0.15) is 24.1 Å². The summed E-state index contributed by atoms with van der Waals surface area (Å²) >= 11 is 0. The molecule has 0 saturated heterocycles. The Morgan fingerprint density at radius 3 is 1.18 bits per heavy atom. The largest absolute Gasteiger partial charge is 0.492 e. The van der Waals surface area contributed by atoms with Gasteiger partial charge < -0.3 is 18.9 Å². The number of rotatable bonds is 34. The van der Waals surface area contributed by atoms with Crippen LogP contribution in [0, 0.1) is 116 Å². The van der Waals surface area contributed by atoms with Crippen LogP contribution in [0.3, 0.4) is 0 Å². The first kappa shape index (κ1) is 76.3. The molecule has 6 fully saturated rings. The van der Waals surface area contributed by atoms with E-state index in [9.17, 15) is 9.59 Å². The average Bonchev–Trinajstić information content (AvgIpc) is 1.38. The molecule has 100 heavy (non-hydrogen) atoms. The zero-order chi connectivity index (χ0) is 70.3. The van der Waals surface area contributed by atoms with Crippen molar-refractivity contribution < 1.29 is 28.5 Å². The van der Waals surface area contributed by atoms with Crippen LogP contribution in [-0.2, 0) is 9.47 Å². The molecule has 0 spiro atoms. The van der Waals surface area contributed by atoms with E-state index in [-0.39, 0.29) is 0 Å². The number of fused-ring (bicyclic) bond motifs is 10. The van der Waals surface area contributed by atoms with Gasteiger partial charge in [0.05, 0.1) is 36.5 Å². The van der Waals surface area contributed by atoms with Crippen molar-refractivity contribution in [2.45, 2.75) is 300 Å². The lowest BCUT2D eigenvalue weighted by Gasteiger charge is -2.58. The summed E-state index contributed by atoms with van der Waals surface area (Å²) < 4.78 is 26.7. The van der Waals surface area contributed by atoms with Crippen molar-refractivity contribution in [1.29, 1.82) is 0 Å². The Morgan fingerprint density at radius 1 is 0.420 bits per heavy atom. The van der Waals surface area contributed by atoms with Crippen molar-refractivity contribution in [3.63, 3.8) is 0 Å². The molecular formula is C94H134O6. The monoisotopic (exact) mass is 1360 g/mol. The second kappa shape index (κ2) is 35.7. The van der Waals surface area contributed by atoms with E-state index in [1.807, 2.05) is 36.4 Å². The highest BCUT2D eigenvalue weighted by Gasteiger charge is 2.61. The molecule has 6 nitrogen and oxygen atoms in total. The molecule has 11 rings (SSSR count). The van der Waals surface area contributed by atoms with Crippen LogP contribution in [0.15, 0.2) is 84.0 Å². The topological polar surface area (TPSA) is 71.1 Å². The highest BCUT2D eigenvalue weighted by molar-refractivity contribution is 5.75. The van der Waals surface area contributed by atoms with Gasteiger partial charge in [-0.1, -0.05) is 230 Å². The number of unbranched alkanes of at least 4 members (excludes halogenated alkanes) is 10. The van der Waals surface area contributed by atoms with Gasteiger partial charge in [-0.3, -0.25) is 9.59 Å². The van der Waals surface area contributed by atoms with Crippen LogP contribution in [0.4, 0.5) is 0 Å². The van der Waals surface area contributed by atoms with Gasteiger partial charge in [0.15, 0.2) is 0 Å². The fraction of sp³-hybridized carbons (Fsp3) is 0.702. The number of ether oxygens (including phenoxy) is 4. The van der Waals surface area contributed by atoms with E-state index in [4.69, 9.17) is 18.9 Å². The van der Waals surface area contributed by atoms with Gasteiger partial charge in [0, 0.05) is 47.6 Å².